The third-order valence-corrected chi connectivity index (χ3v) is 5.84. The van der Waals surface area contributed by atoms with Crippen LogP contribution in [0.15, 0.2) is 36.7 Å². The highest BCUT2D eigenvalue weighted by atomic mass is 35.5. The van der Waals surface area contributed by atoms with E-state index in [0.29, 0.717) is 5.75 Å². The van der Waals surface area contributed by atoms with Crippen molar-refractivity contribution in [2.75, 3.05) is 0 Å². The minimum absolute atomic E-state index is 0.0791. The molecule has 2 aromatic rings. The molecule has 0 radical (unpaired) electrons. The smallest absolute Gasteiger partial charge is 0.329 e. The zero-order valence-electron chi connectivity index (χ0n) is 17.9. The SMILES string of the molecule is CCCCCCCCc1ncc(-c2ccc(OC(=O)C(Cl)C(C)CC)cc2)cn1. The van der Waals surface area contributed by atoms with E-state index in [1.165, 1.54) is 32.1 Å². The van der Waals surface area contributed by atoms with Gasteiger partial charge in [0.25, 0.3) is 0 Å². The van der Waals surface area contributed by atoms with Crippen molar-refractivity contribution in [3.05, 3.63) is 42.5 Å². The first-order valence-electron chi connectivity index (χ1n) is 10.8. The fourth-order valence-electron chi connectivity index (χ4n) is 3.02. The number of unbranched alkanes of at least 4 members (excludes halogenated alkanes) is 5. The maximum absolute atomic E-state index is 12.1. The Bertz CT molecular complexity index is 732. The van der Waals surface area contributed by atoms with Crippen LogP contribution in [0.2, 0.25) is 0 Å². The largest absolute Gasteiger partial charge is 0.425 e. The maximum atomic E-state index is 12.1. The van der Waals surface area contributed by atoms with Gasteiger partial charge < -0.3 is 4.74 Å². The minimum Gasteiger partial charge on any atom is -0.425 e. The van der Waals surface area contributed by atoms with E-state index in [4.69, 9.17) is 16.3 Å². The molecule has 4 nitrogen and oxygen atoms in total. The Morgan fingerprint density at radius 2 is 1.59 bits per heavy atom. The molecule has 0 N–H and O–H groups in total. The van der Waals surface area contributed by atoms with Gasteiger partial charge >= 0.3 is 5.97 Å². The summed E-state index contributed by atoms with van der Waals surface area (Å²) in [5.74, 6) is 1.06. The summed E-state index contributed by atoms with van der Waals surface area (Å²) in [6.45, 7) is 6.18. The number of carbonyl (C=O) groups is 1. The average molecular weight is 417 g/mol. The van der Waals surface area contributed by atoms with Gasteiger partial charge in [-0.15, -0.1) is 11.6 Å². The summed E-state index contributed by atoms with van der Waals surface area (Å²) in [6, 6.07) is 7.36. The van der Waals surface area contributed by atoms with E-state index >= 15 is 0 Å². The summed E-state index contributed by atoms with van der Waals surface area (Å²) < 4.78 is 5.39. The number of aromatic nitrogens is 2. The van der Waals surface area contributed by atoms with E-state index in [9.17, 15) is 4.79 Å². The van der Waals surface area contributed by atoms with Gasteiger partial charge in [0, 0.05) is 24.4 Å². The van der Waals surface area contributed by atoms with Gasteiger partial charge in [0.05, 0.1) is 0 Å². The van der Waals surface area contributed by atoms with Gasteiger partial charge in [0.1, 0.15) is 17.0 Å². The predicted octanol–water partition coefficient (Wildman–Crippen LogP) is 6.61. The number of hydrogen-bond acceptors (Lipinski definition) is 4. The summed E-state index contributed by atoms with van der Waals surface area (Å²) >= 11 is 6.15. The molecule has 2 unspecified atom stereocenters. The zero-order chi connectivity index (χ0) is 21.1. The van der Waals surface area contributed by atoms with Gasteiger partial charge in [-0.2, -0.15) is 0 Å². The molecule has 2 rings (SSSR count). The first kappa shape index (κ1) is 23.3. The summed E-state index contributed by atoms with van der Waals surface area (Å²) in [5.41, 5.74) is 1.93. The standard InChI is InChI=1S/C24H33ClN2O2/c1-4-6-7-8-9-10-11-22-26-16-20(17-27-22)19-12-14-21(15-13-19)29-24(28)23(25)18(3)5-2/h12-18,23H,4-11H2,1-3H3. The van der Waals surface area contributed by atoms with Gasteiger partial charge in [0.2, 0.25) is 0 Å². The highest BCUT2D eigenvalue weighted by Crippen LogP contribution is 2.23. The van der Waals surface area contributed by atoms with Gasteiger partial charge in [-0.25, -0.2) is 9.97 Å². The zero-order valence-corrected chi connectivity index (χ0v) is 18.6. The molecule has 0 aliphatic heterocycles. The highest BCUT2D eigenvalue weighted by Gasteiger charge is 2.23. The molecule has 29 heavy (non-hydrogen) atoms. The van der Waals surface area contributed by atoms with Crippen LogP contribution in [-0.4, -0.2) is 21.3 Å². The normalized spacial score (nSPS) is 13.1. The fraction of sp³-hybridized carbons (Fsp3) is 0.542. The van der Waals surface area contributed by atoms with Gasteiger partial charge in [0.15, 0.2) is 0 Å². The lowest BCUT2D eigenvalue weighted by atomic mass is 10.1. The molecule has 1 aromatic carbocycles. The lowest BCUT2D eigenvalue weighted by Crippen LogP contribution is -2.26. The van der Waals surface area contributed by atoms with Gasteiger partial charge in [-0.1, -0.05) is 71.4 Å². The molecule has 0 fully saturated rings. The van der Waals surface area contributed by atoms with Crippen LogP contribution in [0.25, 0.3) is 11.1 Å². The molecule has 158 valence electrons. The second kappa shape index (κ2) is 12.6. The molecule has 1 aromatic heterocycles. The van der Waals surface area contributed by atoms with E-state index in [1.54, 1.807) is 12.1 Å². The first-order valence-corrected chi connectivity index (χ1v) is 11.3. The van der Waals surface area contributed by atoms with Crippen molar-refractivity contribution in [1.82, 2.24) is 9.97 Å². The monoisotopic (exact) mass is 416 g/mol. The van der Waals surface area contributed by atoms with E-state index in [-0.39, 0.29) is 5.92 Å². The summed E-state index contributed by atoms with van der Waals surface area (Å²) in [4.78, 5) is 21.1. The number of nitrogens with zero attached hydrogens (tertiary/aromatic N) is 2. The van der Waals surface area contributed by atoms with Crippen molar-refractivity contribution in [2.24, 2.45) is 5.92 Å². The van der Waals surface area contributed by atoms with Crippen LogP contribution in [0.1, 0.15) is 71.5 Å². The quantitative estimate of drug-likeness (QED) is 0.169. The number of aryl methyl sites for hydroxylation is 1. The third kappa shape index (κ3) is 7.77. The van der Waals surface area contributed by atoms with Crippen LogP contribution in [0.4, 0.5) is 0 Å². The van der Waals surface area contributed by atoms with Crippen LogP contribution < -0.4 is 4.74 Å². The van der Waals surface area contributed by atoms with E-state index in [0.717, 1.165) is 36.2 Å². The molecule has 0 saturated carbocycles. The van der Waals surface area contributed by atoms with Crippen molar-refractivity contribution >= 4 is 17.6 Å². The minimum atomic E-state index is -0.632. The molecule has 0 spiro atoms. The van der Waals surface area contributed by atoms with Crippen molar-refractivity contribution in [2.45, 2.75) is 77.5 Å². The molecule has 0 amide bonds. The Kier molecular flexibility index (Phi) is 10.1. The van der Waals surface area contributed by atoms with E-state index in [2.05, 4.69) is 16.9 Å². The second-order valence-electron chi connectivity index (χ2n) is 7.64. The number of esters is 1. The number of carbonyl (C=O) groups excluding carboxylic acids is 1. The van der Waals surface area contributed by atoms with Crippen LogP contribution in [0.5, 0.6) is 5.75 Å². The molecule has 0 saturated heterocycles. The Balaban J connectivity index is 1.85. The fourth-order valence-corrected chi connectivity index (χ4v) is 3.25. The average Bonchev–Trinajstić information content (AvgIpc) is 2.76. The lowest BCUT2D eigenvalue weighted by molar-refractivity contribution is -0.134. The number of hydrogen-bond donors (Lipinski definition) is 0. The Labute approximate surface area is 180 Å². The van der Waals surface area contributed by atoms with Crippen molar-refractivity contribution in [1.29, 1.82) is 0 Å². The Hall–Kier alpha value is -1.94. The molecule has 5 heteroatoms. The lowest BCUT2D eigenvalue weighted by Gasteiger charge is -2.15. The molecule has 0 aliphatic rings. The molecular formula is C24H33ClN2O2. The van der Waals surface area contributed by atoms with Crippen LogP contribution in [0.3, 0.4) is 0 Å². The van der Waals surface area contributed by atoms with Gasteiger partial charge in [-0.05, 0) is 30.0 Å². The first-order chi connectivity index (χ1) is 14.0. The molecule has 0 bridgehead atoms. The summed E-state index contributed by atoms with van der Waals surface area (Å²) in [7, 11) is 0. The highest BCUT2D eigenvalue weighted by molar-refractivity contribution is 6.30. The molecule has 1 heterocycles. The number of alkyl halides is 1. The summed E-state index contributed by atoms with van der Waals surface area (Å²) in [5, 5.41) is -0.632. The van der Waals surface area contributed by atoms with Crippen LogP contribution in [0, 0.1) is 5.92 Å². The van der Waals surface area contributed by atoms with Crippen molar-refractivity contribution in [3.63, 3.8) is 0 Å². The van der Waals surface area contributed by atoms with Crippen LogP contribution >= 0.6 is 11.6 Å². The van der Waals surface area contributed by atoms with Crippen molar-refractivity contribution < 1.29 is 9.53 Å². The van der Waals surface area contributed by atoms with E-state index in [1.807, 2.05) is 38.4 Å². The van der Waals surface area contributed by atoms with Crippen LogP contribution in [-0.2, 0) is 11.2 Å². The Morgan fingerprint density at radius 1 is 0.966 bits per heavy atom. The maximum Gasteiger partial charge on any atom is 0.329 e. The summed E-state index contributed by atoms with van der Waals surface area (Å²) in [6.07, 6.45) is 13.1. The molecular weight excluding hydrogens is 384 g/mol. The third-order valence-electron chi connectivity index (χ3n) is 5.23. The number of halogens is 1. The molecule has 0 aliphatic carbocycles. The topological polar surface area (TPSA) is 52.1 Å². The number of benzene rings is 1. The van der Waals surface area contributed by atoms with Crippen molar-refractivity contribution in [3.8, 4) is 16.9 Å². The Morgan fingerprint density at radius 3 is 2.21 bits per heavy atom. The number of ether oxygens (including phenoxy) is 1. The molecule has 2 atom stereocenters. The predicted molar refractivity (Wildman–Crippen MR) is 119 cm³/mol. The number of rotatable bonds is 12. The van der Waals surface area contributed by atoms with Gasteiger partial charge in [-0.3, -0.25) is 4.79 Å². The second-order valence-corrected chi connectivity index (χ2v) is 8.11. The van der Waals surface area contributed by atoms with E-state index < -0.39 is 11.3 Å².